The number of hydrazone groups is 1. The Hall–Kier alpha value is -1.51. The third-order valence-electron chi connectivity index (χ3n) is 3.16. The van der Waals surface area contributed by atoms with Gasteiger partial charge >= 0.3 is 0 Å². The fraction of sp³-hybridized carbons (Fsp3) is 0.133. The van der Waals surface area contributed by atoms with E-state index >= 15 is 0 Å². The molecule has 0 saturated carbocycles. The maximum Gasteiger partial charge on any atom is 0.0746 e. The van der Waals surface area contributed by atoms with Gasteiger partial charge in [0, 0.05) is 16.5 Å². The summed E-state index contributed by atoms with van der Waals surface area (Å²) < 4.78 is 0. The van der Waals surface area contributed by atoms with E-state index in [0.717, 1.165) is 33.3 Å². The molecule has 1 aliphatic rings. The van der Waals surface area contributed by atoms with E-state index in [1.54, 1.807) is 0 Å². The Kier molecular flexibility index (Phi) is 3.45. The van der Waals surface area contributed by atoms with Crippen molar-refractivity contribution < 1.29 is 0 Å². The molecule has 0 saturated heterocycles. The van der Waals surface area contributed by atoms with Crippen LogP contribution in [0.5, 0.6) is 0 Å². The Labute approximate surface area is 122 Å². The molecule has 1 atom stereocenters. The van der Waals surface area contributed by atoms with Crippen LogP contribution in [0.3, 0.4) is 0 Å². The molecule has 96 valence electrons. The Morgan fingerprint density at radius 1 is 1.00 bits per heavy atom. The minimum absolute atomic E-state index is 0.174. The zero-order valence-electron chi connectivity index (χ0n) is 10.1. The lowest BCUT2D eigenvalue weighted by Crippen LogP contribution is -2.09. The highest BCUT2D eigenvalue weighted by Crippen LogP contribution is 2.26. The summed E-state index contributed by atoms with van der Waals surface area (Å²) in [6, 6.07) is 15.8. The summed E-state index contributed by atoms with van der Waals surface area (Å²) in [5.41, 5.74) is 6.38. The molecule has 2 aromatic carbocycles. The molecule has 0 fully saturated rings. The van der Waals surface area contributed by atoms with Gasteiger partial charge in [0.15, 0.2) is 0 Å². The van der Waals surface area contributed by atoms with Gasteiger partial charge in [0.1, 0.15) is 0 Å². The van der Waals surface area contributed by atoms with E-state index in [9.17, 15) is 0 Å². The van der Waals surface area contributed by atoms with Gasteiger partial charge in [-0.25, -0.2) is 0 Å². The Morgan fingerprint density at radius 3 is 2.47 bits per heavy atom. The number of hydrogen-bond donors (Lipinski definition) is 1. The first-order chi connectivity index (χ1) is 9.22. The van der Waals surface area contributed by atoms with Gasteiger partial charge in [-0.05, 0) is 35.4 Å². The van der Waals surface area contributed by atoms with Crippen molar-refractivity contribution in [3.63, 3.8) is 0 Å². The van der Waals surface area contributed by atoms with Crippen molar-refractivity contribution >= 4 is 28.9 Å². The number of hydrogen-bond acceptors (Lipinski definition) is 2. The van der Waals surface area contributed by atoms with Crippen LogP contribution in [-0.4, -0.2) is 5.71 Å². The third-order valence-corrected chi connectivity index (χ3v) is 3.63. The fourth-order valence-electron chi connectivity index (χ4n) is 2.21. The average molecular weight is 291 g/mol. The summed E-state index contributed by atoms with van der Waals surface area (Å²) in [5, 5.41) is 5.87. The molecule has 1 N–H and O–H groups in total. The molecule has 0 amide bonds. The second-order valence-electron chi connectivity index (χ2n) is 4.51. The molecule has 1 unspecified atom stereocenters. The molecule has 19 heavy (non-hydrogen) atoms. The predicted octanol–water partition coefficient (Wildman–Crippen LogP) is 4.43. The topological polar surface area (TPSA) is 24.4 Å². The van der Waals surface area contributed by atoms with Crippen LogP contribution >= 0.6 is 23.2 Å². The van der Waals surface area contributed by atoms with E-state index in [0.29, 0.717) is 0 Å². The summed E-state index contributed by atoms with van der Waals surface area (Å²) in [7, 11) is 0. The van der Waals surface area contributed by atoms with Gasteiger partial charge in [0.2, 0.25) is 0 Å². The highest BCUT2D eigenvalue weighted by atomic mass is 35.5. The second kappa shape index (κ2) is 5.24. The van der Waals surface area contributed by atoms with E-state index in [1.807, 2.05) is 42.5 Å². The minimum atomic E-state index is 0.174. The minimum Gasteiger partial charge on any atom is -0.302 e. The molecule has 0 spiro atoms. The summed E-state index contributed by atoms with van der Waals surface area (Å²) >= 11 is 12.0. The Bertz CT molecular complexity index is 638. The fourth-order valence-corrected chi connectivity index (χ4v) is 2.60. The van der Waals surface area contributed by atoms with Crippen molar-refractivity contribution in [3.8, 4) is 0 Å². The smallest absolute Gasteiger partial charge is 0.0746 e. The first-order valence-electron chi connectivity index (χ1n) is 6.06. The monoisotopic (exact) mass is 290 g/mol. The lowest BCUT2D eigenvalue weighted by molar-refractivity contribution is 0.620. The first kappa shape index (κ1) is 12.5. The van der Waals surface area contributed by atoms with Crippen molar-refractivity contribution in [1.29, 1.82) is 0 Å². The highest BCUT2D eigenvalue weighted by molar-refractivity contribution is 6.31. The normalized spacial score (nSPS) is 18.0. The van der Waals surface area contributed by atoms with Gasteiger partial charge in [-0.3, -0.25) is 0 Å². The van der Waals surface area contributed by atoms with Crippen molar-refractivity contribution in [1.82, 2.24) is 5.43 Å². The van der Waals surface area contributed by atoms with Gasteiger partial charge in [-0.15, -0.1) is 0 Å². The van der Waals surface area contributed by atoms with Crippen molar-refractivity contribution in [2.45, 2.75) is 12.5 Å². The van der Waals surface area contributed by atoms with Crippen LogP contribution in [0.15, 0.2) is 53.6 Å². The quantitative estimate of drug-likeness (QED) is 0.869. The van der Waals surface area contributed by atoms with E-state index < -0.39 is 0 Å². The number of nitrogens with one attached hydrogen (secondary N) is 1. The molecule has 2 aromatic rings. The Balaban J connectivity index is 1.80. The SMILES string of the molecule is Clc1cccc(C2=NNC(c3cccc(Cl)c3)C2)c1. The predicted molar refractivity (Wildman–Crippen MR) is 79.9 cm³/mol. The molecular weight excluding hydrogens is 279 g/mol. The van der Waals surface area contributed by atoms with Gasteiger partial charge in [0.05, 0.1) is 11.8 Å². The molecule has 4 heteroatoms. The van der Waals surface area contributed by atoms with Crippen LogP contribution in [0, 0.1) is 0 Å². The summed E-state index contributed by atoms with van der Waals surface area (Å²) in [6.07, 6.45) is 0.834. The van der Waals surface area contributed by atoms with Crippen LogP contribution in [0.25, 0.3) is 0 Å². The van der Waals surface area contributed by atoms with Gasteiger partial charge in [-0.2, -0.15) is 5.10 Å². The van der Waals surface area contributed by atoms with E-state index in [-0.39, 0.29) is 6.04 Å². The van der Waals surface area contributed by atoms with Crippen LogP contribution in [0.1, 0.15) is 23.6 Å². The second-order valence-corrected chi connectivity index (χ2v) is 5.38. The van der Waals surface area contributed by atoms with E-state index in [2.05, 4.69) is 16.6 Å². The van der Waals surface area contributed by atoms with Crippen LogP contribution in [-0.2, 0) is 0 Å². The van der Waals surface area contributed by atoms with E-state index in [4.69, 9.17) is 23.2 Å². The van der Waals surface area contributed by atoms with Crippen molar-refractivity contribution in [2.75, 3.05) is 0 Å². The molecule has 0 radical (unpaired) electrons. The number of rotatable bonds is 2. The van der Waals surface area contributed by atoms with Gasteiger partial charge in [-0.1, -0.05) is 47.5 Å². The molecule has 3 rings (SSSR count). The summed E-state index contributed by atoms with van der Waals surface area (Å²) in [6.45, 7) is 0. The van der Waals surface area contributed by atoms with E-state index in [1.165, 1.54) is 0 Å². The van der Waals surface area contributed by atoms with Crippen LogP contribution < -0.4 is 5.43 Å². The molecule has 0 aromatic heterocycles. The van der Waals surface area contributed by atoms with Crippen molar-refractivity contribution in [2.24, 2.45) is 5.10 Å². The van der Waals surface area contributed by atoms with Crippen LogP contribution in [0.4, 0.5) is 0 Å². The van der Waals surface area contributed by atoms with Crippen LogP contribution in [0.2, 0.25) is 10.0 Å². The summed E-state index contributed by atoms with van der Waals surface area (Å²) in [4.78, 5) is 0. The maximum atomic E-state index is 6.01. The standard InChI is InChI=1S/C15H12Cl2N2/c16-12-5-1-3-10(7-12)14-9-15(19-18-14)11-4-2-6-13(17)8-11/h1-8,14,18H,9H2. The average Bonchev–Trinajstić information content (AvgIpc) is 2.88. The molecule has 0 aliphatic carbocycles. The molecule has 2 nitrogen and oxygen atoms in total. The zero-order valence-corrected chi connectivity index (χ0v) is 11.6. The number of benzene rings is 2. The molecule has 1 aliphatic heterocycles. The zero-order chi connectivity index (χ0) is 13.2. The highest BCUT2D eigenvalue weighted by Gasteiger charge is 2.21. The number of halogens is 2. The lowest BCUT2D eigenvalue weighted by atomic mass is 9.99. The largest absolute Gasteiger partial charge is 0.302 e. The lowest BCUT2D eigenvalue weighted by Gasteiger charge is -2.10. The Morgan fingerprint density at radius 2 is 1.74 bits per heavy atom. The molecular formula is C15H12Cl2N2. The summed E-state index contributed by atoms with van der Waals surface area (Å²) in [5.74, 6) is 0. The molecule has 1 heterocycles. The maximum absolute atomic E-state index is 6.01. The number of nitrogens with zero attached hydrogens (tertiary/aromatic N) is 1. The van der Waals surface area contributed by atoms with Gasteiger partial charge in [0.25, 0.3) is 0 Å². The molecule has 0 bridgehead atoms. The van der Waals surface area contributed by atoms with Gasteiger partial charge < -0.3 is 5.43 Å². The third kappa shape index (κ3) is 2.75. The first-order valence-corrected chi connectivity index (χ1v) is 6.81. The van der Waals surface area contributed by atoms with Crippen molar-refractivity contribution in [3.05, 3.63) is 69.7 Å².